The van der Waals surface area contributed by atoms with Gasteiger partial charge in [-0.05, 0) is 18.2 Å². The van der Waals surface area contributed by atoms with Gasteiger partial charge in [-0.25, -0.2) is 22.6 Å². The van der Waals surface area contributed by atoms with E-state index >= 15 is 0 Å². The molecule has 0 saturated heterocycles. The number of rotatable bonds is 3. The number of hydrogen-bond acceptors (Lipinski definition) is 4. The van der Waals surface area contributed by atoms with Crippen molar-refractivity contribution in [3.63, 3.8) is 0 Å². The molecular weight excluding hydrogens is 271 g/mol. The lowest BCUT2D eigenvalue weighted by molar-refractivity contribution is 0.570. The molecule has 0 spiro atoms. The van der Waals surface area contributed by atoms with Crippen molar-refractivity contribution in [3.8, 4) is 0 Å². The quantitative estimate of drug-likeness (QED) is 0.887. The molecule has 0 atom stereocenters. The molecule has 1 aromatic heterocycles. The summed E-state index contributed by atoms with van der Waals surface area (Å²) in [7, 11) is -4.05. The van der Waals surface area contributed by atoms with Crippen LogP contribution >= 0.6 is 11.6 Å². The highest BCUT2D eigenvalue weighted by atomic mass is 35.5. The van der Waals surface area contributed by atoms with Gasteiger partial charge in [0.1, 0.15) is 17.0 Å². The average molecular weight is 277 g/mol. The monoisotopic (exact) mass is 276 g/mol. The SMILES string of the molecule is O=S(=O)(Nc1ncn[nH]1)c1ccc(Cl)cc1F. The van der Waals surface area contributed by atoms with Crippen molar-refractivity contribution < 1.29 is 12.8 Å². The van der Waals surface area contributed by atoms with Gasteiger partial charge in [0.05, 0.1) is 0 Å². The van der Waals surface area contributed by atoms with E-state index in [1.807, 2.05) is 4.72 Å². The summed E-state index contributed by atoms with van der Waals surface area (Å²) in [5.41, 5.74) is 0. The second kappa shape index (κ2) is 4.30. The number of hydrogen-bond donors (Lipinski definition) is 2. The standard InChI is InChI=1S/C8H6ClFN4O2S/c9-5-1-2-7(6(10)3-5)17(15,16)14-8-11-4-12-13-8/h1-4H,(H2,11,12,13,14). The maximum absolute atomic E-state index is 13.4. The Morgan fingerprint density at radius 2 is 2.18 bits per heavy atom. The van der Waals surface area contributed by atoms with E-state index in [2.05, 4.69) is 15.2 Å². The average Bonchev–Trinajstić information content (AvgIpc) is 2.68. The van der Waals surface area contributed by atoms with Gasteiger partial charge in [-0.15, -0.1) is 0 Å². The second-order valence-corrected chi connectivity index (χ2v) is 5.10. The summed E-state index contributed by atoms with van der Waals surface area (Å²) in [5, 5.41) is 5.86. The summed E-state index contributed by atoms with van der Waals surface area (Å²) in [6.07, 6.45) is 1.12. The first-order chi connectivity index (χ1) is 7.99. The molecule has 0 bridgehead atoms. The van der Waals surface area contributed by atoms with Crippen molar-refractivity contribution in [3.05, 3.63) is 35.4 Å². The fourth-order valence-corrected chi connectivity index (χ4v) is 2.31. The number of aromatic nitrogens is 3. The molecule has 0 aliphatic rings. The maximum atomic E-state index is 13.4. The molecule has 0 aliphatic heterocycles. The fourth-order valence-electron chi connectivity index (χ4n) is 1.13. The van der Waals surface area contributed by atoms with E-state index in [-0.39, 0.29) is 11.0 Å². The Morgan fingerprint density at radius 1 is 1.41 bits per heavy atom. The first kappa shape index (κ1) is 11.8. The van der Waals surface area contributed by atoms with Crippen LogP contribution in [0.2, 0.25) is 5.02 Å². The summed E-state index contributed by atoms with van der Waals surface area (Å²) in [4.78, 5) is 3.05. The van der Waals surface area contributed by atoms with Crippen molar-refractivity contribution in [1.29, 1.82) is 0 Å². The summed E-state index contributed by atoms with van der Waals surface area (Å²) >= 11 is 5.53. The molecule has 2 aromatic rings. The zero-order valence-electron chi connectivity index (χ0n) is 8.18. The lowest BCUT2D eigenvalue weighted by Crippen LogP contribution is -2.15. The predicted octanol–water partition coefficient (Wildman–Crippen LogP) is 1.40. The van der Waals surface area contributed by atoms with Crippen molar-refractivity contribution in [2.45, 2.75) is 4.90 Å². The second-order valence-electron chi connectivity index (χ2n) is 3.01. The molecule has 1 heterocycles. The molecule has 2 N–H and O–H groups in total. The van der Waals surface area contributed by atoms with Gasteiger partial charge in [0.15, 0.2) is 0 Å². The molecule has 0 amide bonds. The molecule has 1 aromatic carbocycles. The summed E-state index contributed by atoms with van der Waals surface area (Å²) in [5.74, 6) is -1.04. The Hall–Kier alpha value is -1.67. The Balaban J connectivity index is 2.38. The molecular formula is C8H6ClFN4O2S. The molecule has 0 aliphatic carbocycles. The van der Waals surface area contributed by atoms with Crippen LogP contribution in [0.1, 0.15) is 0 Å². The lowest BCUT2D eigenvalue weighted by Gasteiger charge is -2.05. The Bertz CT molecular complexity index is 629. The number of benzene rings is 1. The van der Waals surface area contributed by atoms with Gasteiger partial charge in [0.2, 0.25) is 5.95 Å². The van der Waals surface area contributed by atoms with Crippen LogP contribution in [0.4, 0.5) is 10.3 Å². The van der Waals surface area contributed by atoms with Crippen molar-refractivity contribution in [2.75, 3.05) is 4.72 Å². The van der Waals surface area contributed by atoms with Crippen LogP contribution in [0.5, 0.6) is 0 Å². The third kappa shape index (κ3) is 2.53. The third-order valence-corrected chi connectivity index (χ3v) is 3.44. The van der Waals surface area contributed by atoms with E-state index in [9.17, 15) is 12.8 Å². The fraction of sp³-hybridized carbons (Fsp3) is 0. The molecule has 0 radical (unpaired) electrons. The normalized spacial score (nSPS) is 11.4. The molecule has 0 unspecified atom stereocenters. The maximum Gasteiger partial charge on any atom is 0.267 e. The summed E-state index contributed by atoms with van der Waals surface area (Å²) < 4.78 is 39.0. The summed E-state index contributed by atoms with van der Waals surface area (Å²) in [6, 6.07) is 3.26. The van der Waals surface area contributed by atoms with E-state index < -0.39 is 20.7 Å². The van der Waals surface area contributed by atoms with Crippen molar-refractivity contribution in [2.24, 2.45) is 0 Å². The van der Waals surface area contributed by atoms with Gasteiger partial charge in [-0.2, -0.15) is 10.1 Å². The van der Waals surface area contributed by atoms with Gasteiger partial charge in [-0.1, -0.05) is 11.6 Å². The molecule has 6 nitrogen and oxygen atoms in total. The predicted molar refractivity (Wildman–Crippen MR) is 58.6 cm³/mol. The van der Waals surface area contributed by atoms with Crippen LogP contribution in [0.25, 0.3) is 0 Å². The van der Waals surface area contributed by atoms with Gasteiger partial charge < -0.3 is 0 Å². The molecule has 90 valence electrons. The largest absolute Gasteiger partial charge is 0.267 e. The van der Waals surface area contributed by atoms with Crippen LogP contribution in [0, 0.1) is 5.82 Å². The van der Waals surface area contributed by atoms with Gasteiger partial charge in [0, 0.05) is 5.02 Å². The van der Waals surface area contributed by atoms with E-state index in [4.69, 9.17) is 11.6 Å². The van der Waals surface area contributed by atoms with Crippen LogP contribution < -0.4 is 4.72 Å². The van der Waals surface area contributed by atoms with Crippen LogP contribution in [0.15, 0.2) is 29.4 Å². The molecule has 0 saturated carbocycles. The van der Waals surface area contributed by atoms with Gasteiger partial charge in [0.25, 0.3) is 10.0 Å². The number of nitrogens with zero attached hydrogens (tertiary/aromatic N) is 2. The van der Waals surface area contributed by atoms with Gasteiger partial charge >= 0.3 is 0 Å². The van der Waals surface area contributed by atoms with Gasteiger partial charge in [-0.3, -0.25) is 0 Å². The molecule has 2 rings (SSSR count). The third-order valence-electron chi connectivity index (χ3n) is 1.83. The lowest BCUT2D eigenvalue weighted by atomic mass is 10.3. The minimum absolute atomic E-state index is 0.0978. The Kier molecular flexibility index (Phi) is 2.99. The zero-order chi connectivity index (χ0) is 12.5. The minimum atomic E-state index is -4.05. The number of H-pyrrole nitrogens is 1. The first-order valence-corrected chi connectivity index (χ1v) is 6.18. The zero-order valence-corrected chi connectivity index (χ0v) is 9.76. The highest BCUT2D eigenvalue weighted by Crippen LogP contribution is 2.20. The molecule has 9 heteroatoms. The highest BCUT2D eigenvalue weighted by molar-refractivity contribution is 7.92. The van der Waals surface area contributed by atoms with Crippen LogP contribution in [-0.4, -0.2) is 23.6 Å². The van der Waals surface area contributed by atoms with Crippen molar-refractivity contribution in [1.82, 2.24) is 15.2 Å². The van der Waals surface area contributed by atoms with E-state index in [0.29, 0.717) is 0 Å². The molecule has 0 fully saturated rings. The van der Waals surface area contributed by atoms with Crippen LogP contribution in [0.3, 0.4) is 0 Å². The molecule has 17 heavy (non-hydrogen) atoms. The number of halogens is 2. The smallest absolute Gasteiger partial charge is 0.247 e. The minimum Gasteiger partial charge on any atom is -0.247 e. The number of aromatic amines is 1. The van der Waals surface area contributed by atoms with E-state index in [1.165, 1.54) is 6.07 Å². The van der Waals surface area contributed by atoms with E-state index in [0.717, 1.165) is 18.5 Å². The Morgan fingerprint density at radius 3 is 2.76 bits per heavy atom. The number of sulfonamides is 1. The number of nitrogens with one attached hydrogen (secondary N) is 2. The number of anilines is 1. The Labute approximate surface area is 101 Å². The summed E-state index contributed by atoms with van der Waals surface area (Å²) in [6.45, 7) is 0. The van der Waals surface area contributed by atoms with Crippen LogP contribution in [-0.2, 0) is 10.0 Å². The topological polar surface area (TPSA) is 87.7 Å². The first-order valence-electron chi connectivity index (χ1n) is 4.32. The highest BCUT2D eigenvalue weighted by Gasteiger charge is 2.20. The van der Waals surface area contributed by atoms with E-state index in [1.54, 1.807) is 0 Å². The van der Waals surface area contributed by atoms with Crippen molar-refractivity contribution >= 4 is 27.6 Å².